The first-order chi connectivity index (χ1) is 9.26. The van der Waals surface area contributed by atoms with Crippen LogP contribution < -0.4 is 16.0 Å². The predicted octanol–water partition coefficient (Wildman–Crippen LogP) is 0.602. The third-order valence-electron chi connectivity index (χ3n) is 3.32. The summed E-state index contributed by atoms with van der Waals surface area (Å²) in [5.41, 5.74) is 7.20. The van der Waals surface area contributed by atoms with Gasteiger partial charge in [0.1, 0.15) is 6.04 Å². The fourth-order valence-electron chi connectivity index (χ4n) is 2.36. The van der Waals surface area contributed by atoms with Crippen LogP contribution in [0.4, 0.5) is 5.69 Å². The number of nitrogens with one attached hydrogen (secondary N) is 1. The number of rotatable bonds is 3. The van der Waals surface area contributed by atoms with E-state index in [0.29, 0.717) is 25.1 Å². The fourth-order valence-corrected chi connectivity index (χ4v) is 2.36. The fraction of sp³-hybridized carbons (Fsp3) is 0.429. The first-order valence-corrected chi connectivity index (χ1v) is 6.51. The summed E-state index contributed by atoms with van der Waals surface area (Å²) in [6.45, 7) is 1.99. The molecule has 1 unspecified atom stereocenters. The number of nitrogens with zero attached hydrogens (tertiary/aromatic N) is 2. The average molecular weight is 258 g/mol. The van der Waals surface area contributed by atoms with Crippen molar-refractivity contribution < 1.29 is 4.79 Å². The molecule has 1 aromatic rings. The molecule has 0 aromatic heterocycles. The molecule has 19 heavy (non-hydrogen) atoms. The van der Waals surface area contributed by atoms with Crippen molar-refractivity contribution in [2.24, 2.45) is 5.73 Å². The Balaban J connectivity index is 2.26. The molecule has 1 amide bonds. The lowest BCUT2D eigenvalue weighted by Crippen LogP contribution is -2.45. The lowest BCUT2D eigenvalue weighted by molar-refractivity contribution is -0.122. The number of hydrogen-bond donors (Lipinski definition) is 2. The highest BCUT2D eigenvalue weighted by molar-refractivity contribution is 5.85. The van der Waals surface area contributed by atoms with E-state index in [1.165, 1.54) is 0 Å². The number of carbonyl (C=O) groups is 1. The Hall–Kier alpha value is -2.06. The second kappa shape index (κ2) is 6.21. The van der Waals surface area contributed by atoms with Gasteiger partial charge in [0.05, 0.1) is 11.6 Å². The van der Waals surface area contributed by atoms with Crippen LogP contribution in [0.25, 0.3) is 0 Å². The highest BCUT2D eigenvalue weighted by Crippen LogP contribution is 2.21. The number of anilines is 1. The van der Waals surface area contributed by atoms with Crippen LogP contribution in [0.2, 0.25) is 0 Å². The van der Waals surface area contributed by atoms with E-state index in [1.807, 2.05) is 12.1 Å². The van der Waals surface area contributed by atoms with Crippen molar-refractivity contribution in [3.8, 4) is 6.07 Å². The molecule has 5 nitrogen and oxygen atoms in total. The van der Waals surface area contributed by atoms with Crippen LogP contribution >= 0.6 is 0 Å². The van der Waals surface area contributed by atoms with Gasteiger partial charge in [-0.3, -0.25) is 4.79 Å². The molecule has 0 radical (unpaired) electrons. The third-order valence-corrected chi connectivity index (χ3v) is 3.32. The summed E-state index contributed by atoms with van der Waals surface area (Å²) < 4.78 is 0. The Morgan fingerprint density at radius 2 is 2.16 bits per heavy atom. The van der Waals surface area contributed by atoms with Crippen molar-refractivity contribution in [1.29, 1.82) is 5.26 Å². The normalized spacial score (nSPS) is 19.5. The van der Waals surface area contributed by atoms with E-state index in [0.717, 1.165) is 18.7 Å². The Bertz CT molecular complexity index is 477. The predicted molar refractivity (Wildman–Crippen MR) is 73.6 cm³/mol. The summed E-state index contributed by atoms with van der Waals surface area (Å²) in [4.78, 5) is 14.1. The van der Waals surface area contributed by atoms with Crippen LogP contribution in [0, 0.1) is 11.3 Å². The summed E-state index contributed by atoms with van der Waals surface area (Å²) in [5.74, 6) is 0.0345. The molecular weight excluding hydrogens is 240 g/mol. The minimum Gasteiger partial charge on any atom is -0.359 e. The van der Waals surface area contributed by atoms with Gasteiger partial charge < -0.3 is 16.0 Å². The molecule has 0 aliphatic carbocycles. The van der Waals surface area contributed by atoms with Gasteiger partial charge in [0, 0.05) is 18.8 Å². The molecule has 1 atom stereocenters. The maximum absolute atomic E-state index is 12.1. The number of nitriles is 1. The van der Waals surface area contributed by atoms with Crippen LogP contribution in [0.3, 0.4) is 0 Å². The van der Waals surface area contributed by atoms with Gasteiger partial charge >= 0.3 is 0 Å². The quantitative estimate of drug-likeness (QED) is 0.832. The molecule has 5 heteroatoms. The van der Waals surface area contributed by atoms with E-state index in [-0.39, 0.29) is 11.9 Å². The van der Waals surface area contributed by atoms with Crippen molar-refractivity contribution in [3.05, 3.63) is 29.8 Å². The molecule has 1 aliphatic heterocycles. The van der Waals surface area contributed by atoms with Gasteiger partial charge in [-0.05, 0) is 43.7 Å². The summed E-state index contributed by atoms with van der Waals surface area (Å²) >= 11 is 0. The number of benzene rings is 1. The molecule has 1 aliphatic rings. The van der Waals surface area contributed by atoms with Gasteiger partial charge in [0.25, 0.3) is 0 Å². The zero-order valence-electron chi connectivity index (χ0n) is 10.8. The molecule has 0 bridgehead atoms. The molecule has 1 heterocycles. The van der Waals surface area contributed by atoms with Crippen LogP contribution in [0.15, 0.2) is 24.3 Å². The maximum atomic E-state index is 12.1. The minimum atomic E-state index is -0.222. The van der Waals surface area contributed by atoms with E-state index < -0.39 is 0 Å². The van der Waals surface area contributed by atoms with Crippen LogP contribution in [-0.2, 0) is 4.79 Å². The summed E-state index contributed by atoms with van der Waals surface area (Å²) in [6, 6.07) is 9.20. The van der Waals surface area contributed by atoms with E-state index in [2.05, 4.69) is 16.3 Å². The van der Waals surface area contributed by atoms with Crippen molar-refractivity contribution in [1.82, 2.24) is 5.32 Å². The first kappa shape index (κ1) is 13.4. The zero-order chi connectivity index (χ0) is 13.7. The molecule has 0 saturated carbocycles. The van der Waals surface area contributed by atoms with Crippen LogP contribution in [0.5, 0.6) is 0 Å². The smallest absolute Gasteiger partial charge is 0.242 e. The minimum absolute atomic E-state index is 0.0345. The van der Waals surface area contributed by atoms with Gasteiger partial charge in [-0.25, -0.2) is 0 Å². The lowest BCUT2D eigenvalue weighted by Gasteiger charge is -2.30. The number of hydrogen-bond acceptors (Lipinski definition) is 4. The van der Waals surface area contributed by atoms with E-state index >= 15 is 0 Å². The molecule has 1 aromatic carbocycles. The van der Waals surface area contributed by atoms with Crippen LogP contribution in [-0.4, -0.2) is 31.6 Å². The van der Waals surface area contributed by atoms with Crippen molar-refractivity contribution in [2.75, 3.05) is 24.5 Å². The van der Waals surface area contributed by atoms with E-state index in [9.17, 15) is 4.79 Å². The molecular formula is C14H18N4O. The average Bonchev–Trinajstić information content (AvgIpc) is 2.62. The summed E-state index contributed by atoms with van der Waals surface area (Å²) in [5, 5.41) is 11.7. The SMILES string of the molecule is N#Cc1ccc(N2CCCNC(=O)C2CCN)cc1. The molecule has 0 spiro atoms. The molecule has 3 N–H and O–H groups in total. The molecule has 100 valence electrons. The van der Waals surface area contributed by atoms with Gasteiger partial charge in [-0.2, -0.15) is 5.26 Å². The standard InChI is InChI=1S/C14H18N4O/c15-7-6-13-14(19)17-8-1-9-18(13)12-4-2-11(10-16)3-5-12/h2-5,13H,1,6-9,15H2,(H,17,19). The number of carbonyl (C=O) groups excluding carboxylic acids is 1. The largest absolute Gasteiger partial charge is 0.359 e. The molecule has 1 fully saturated rings. The first-order valence-electron chi connectivity index (χ1n) is 6.51. The Morgan fingerprint density at radius 1 is 1.42 bits per heavy atom. The van der Waals surface area contributed by atoms with E-state index in [1.54, 1.807) is 12.1 Å². The topological polar surface area (TPSA) is 82.2 Å². The zero-order valence-corrected chi connectivity index (χ0v) is 10.8. The summed E-state index contributed by atoms with van der Waals surface area (Å²) in [6.07, 6.45) is 1.54. The van der Waals surface area contributed by atoms with Gasteiger partial charge in [0.2, 0.25) is 5.91 Å². The lowest BCUT2D eigenvalue weighted by atomic mass is 10.1. The van der Waals surface area contributed by atoms with E-state index in [4.69, 9.17) is 11.0 Å². The van der Waals surface area contributed by atoms with Gasteiger partial charge in [-0.15, -0.1) is 0 Å². The third kappa shape index (κ3) is 3.04. The molecule has 2 rings (SSSR count). The molecule has 1 saturated heterocycles. The monoisotopic (exact) mass is 258 g/mol. The Labute approximate surface area is 113 Å². The van der Waals surface area contributed by atoms with Crippen LogP contribution in [0.1, 0.15) is 18.4 Å². The summed E-state index contributed by atoms with van der Waals surface area (Å²) in [7, 11) is 0. The highest BCUT2D eigenvalue weighted by Gasteiger charge is 2.27. The highest BCUT2D eigenvalue weighted by atomic mass is 16.2. The Kier molecular flexibility index (Phi) is 4.37. The van der Waals surface area contributed by atoms with Crippen molar-refractivity contribution in [2.45, 2.75) is 18.9 Å². The Morgan fingerprint density at radius 3 is 2.79 bits per heavy atom. The van der Waals surface area contributed by atoms with Crippen molar-refractivity contribution in [3.63, 3.8) is 0 Å². The van der Waals surface area contributed by atoms with Gasteiger partial charge in [-0.1, -0.05) is 0 Å². The van der Waals surface area contributed by atoms with Crippen molar-refractivity contribution >= 4 is 11.6 Å². The number of amides is 1. The van der Waals surface area contributed by atoms with Gasteiger partial charge in [0.15, 0.2) is 0 Å². The maximum Gasteiger partial charge on any atom is 0.242 e. The second-order valence-electron chi connectivity index (χ2n) is 4.59. The number of nitrogens with two attached hydrogens (primary N) is 1. The second-order valence-corrected chi connectivity index (χ2v) is 4.59.